The predicted octanol–water partition coefficient (Wildman–Crippen LogP) is 0.703. The molecule has 0 saturated carbocycles. The van der Waals surface area contributed by atoms with E-state index in [1.54, 1.807) is 20.8 Å². The highest BCUT2D eigenvalue weighted by atomic mass is 16.4. The van der Waals surface area contributed by atoms with Gasteiger partial charge in [0.15, 0.2) is 11.4 Å². The number of aromatic carboxylic acids is 1. The molecule has 16 heavy (non-hydrogen) atoms. The van der Waals surface area contributed by atoms with E-state index in [0.29, 0.717) is 0 Å². The van der Waals surface area contributed by atoms with Crippen LogP contribution < -0.4 is 5.32 Å². The minimum atomic E-state index is -1.27. The Labute approximate surface area is 92.7 Å². The first kappa shape index (κ1) is 12.1. The second-order valence-corrected chi connectivity index (χ2v) is 4.26. The van der Waals surface area contributed by atoms with Crippen molar-refractivity contribution in [3.8, 4) is 0 Å². The van der Waals surface area contributed by atoms with Gasteiger partial charge >= 0.3 is 5.97 Å². The van der Waals surface area contributed by atoms with E-state index in [2.05, 4.69) is 15.3 Å². The summed E-state index contributed by atoms with van der Waals surface area (Å²) in [5, 5.41) is 11.5. The number of carbonyl (C=O) groups excluding carboxylic acids is 1. The van der Waals surface area contributed by atoms with Gasteiger partial charge in [-0.15, -0.1) is 0 Å². The fourth-order valence-electron chi connectivity index (χ4n) is 1.06. The number of carboxylic acid groups (broad SMARTS) is 1. The number of hydrogen-bond donors (Lipinski definition) is 2. The standard InChI is InChI=1S/C10H13N3O3/c1-10(2,3)13-8(14)6-7(9(15)16)12-5-4-11-6/h4-5H,1-3H3,(H,13,14)(H,15,16). The van der Waals surface area contributed by atoms with Gasteiger partial charge in [0, 0.05) is 17.9 Å². The number of aromatic nitrogens is 2. The third-order valence-corrected chi connectivity index (χ3v) is 1.60. The molecular weight excluding hydrogens is 210 g/mol. The second-order valence-electron chi connectivity index (χ2n) is 4.26. The van der Waals surface area contributed by atoms with Gasteiger partial charge in [0.25, 0.3) is 5.91 Å². The summed E-state index contributed by atoms with van der Waals surface area (Å²) in [5.74, 6) is -1.81. The van der Waals surface area contributed by atoms with Crippen LogP contribution in [0.15, 0.2) is 12.4 Å². The molecule has 0 bridgehead atoms. The minimum Gasteiger partial charge on any atom is -0.476 e. The summed E-state index contributed by atoms with van der Waals surface area (Å²) < 4.78 is 0. The van der Waals surface area contributed by atoms with Crippen molar-refractivity contribution in [1.82, 2.24) is 15.3 Å². The first-order valence-corrected chi connectivity index (χ1v) is 4.68. The molecule has 2 N–H and O–H groups in total. The summed E-state index contributed by atoms with van der Waals surface area (Å²) in [5.41, 5.74) is -0.973. The number of rotatable bonds is 2. The molecule has 0 fully saturated rings. The van der Waals surface area contributed by atoms with Crippen molar-refractivity contribution in [2.24, 2.45) is 0 Å². The van der Waals surface area contributed by atoms with Crippen molar-refractivity contribution in [1.29, 1.82) is 0 Å². The molecule has 1 rings (SSSR count). The normalized spacial score (nSPS) is 10.9. The number of nitrogens with one attached hydrogen (secondary N) is 1. The third kappa shape index (κ3) is 3.01. The Morgan fingerprint density at radius 2 is 1.69 bits per heavy atom. The summed E-state index contributed by atoms with van der Waals surface area (Å²) in [7, 11) is 0. The number of nitrogens with zero attached hydrogens (tertiary/aromatic N) is 2. The molecule has 1 aromatic rings. The van der Waals surface area contributed by atoms with Crippen molar-refractivity contribution in [3.63, 3.8) is 0 Å². The summed E-state index contributed by atoms with van der Waals surface area (Å²) in [4.78, 5) is 29.9. The fraction of sp³-hybridized carbons (Fsp3) is 0.400. The van der Waals surface area contributed by atoms with Crippen molar-refractivity contribution in [2.75, 3.05) is 0 Å². The Bertz CT molecular complexity index is 424. The Morgan fingerprint density at radius 1 is 1.19 bits per heavy atom. The van der Waals surface area contributed by atoms with Gasteiger partial charge in [-0.1, -0.05) is 0 Å². The van der Waals surface area contributed by atoms with Crippen LogP contribution in [0.1, 0.15) is 41.7 Å². The zero-order valence-electron chi connectivity index (χ0n) is 9.31. The minimum absolute atomic E-state index is 0.176. The quantitative estimate of drug-likeness (QED) is 0.770. The molecular formula is C10H13N3O3. The third-order valence-electron chi connectivity index (χ3n) is 1.60. The number of carbonyl (C=O) groups is 2. The maximum Gasteiger partial charge on any atom is 0.356 e. The van der Waals surface area contributed by atoms with E-state index in [4.69, 9.17) is 5.11 Å². The maximum atomic E-state index is 11.7. The summed E-state index contributed by atoms with van der Waals surface area (Å²) in [6.07, 6.45) is 2.52. The molecule has 0 aliphatic heterocycles. The van der Waals surface area contributed by atoms with Gasteiger partial charge in [-0.3, -0.25) is 4.79 Å². The molecule has 1 heterocycles. The van der Waals surface area contributed by atoms with Gasteiger partial charge < -0.3 is 10.4 Å². The van der Waals surface area contributed by atoms with E-state index >= 15 is 0 Å². The smallest absolute Gasteiger partial charge is 0.356 e. The van der Waals surface area contributed by atoms with Crippen LogP contribution in [0.3, 0.4) is 0 Å². The molecule has 86 valence electrons. The molecule has 0 aliphatic rings. The molecule has 6 nitrogen and oxygen atoms in total. The molecule has 0 radical (unpaired) electrons. The van der Waals surface area contributed by atoms with Gasteiger partial charge in [-0.25, -0.2) is 14.8 Å². The molecule has 0 spiro atoms. The predicted molar refractivity (Wildman–Crippen MR) is 56.2 cm³/mol. The lowest BCUT2D eigenvalue weighted by atomic mass is 10.1. The van der Waals surface area contributed by atoms with E-state index in [0.717, 1.165) is 0 Å². The van der Waals surface area contributed by atoms with Crippen LogP contribution in [-0.4, -0.2) is 32.5 Å². The first-order valence-electron chi connectivity index (χ1n) is 4.68. The highest BCUT2D eigenvalue weighted by Crippen LogP contribution is 2.05. The second kappa shape index (κ2) is 4.26. The Morgan fingerprint density at radius 3 is 2.12 bits per heavy atom. The van der Waals surface area contributed by atoms with E-state index in [1.165, 1.54) is 12.4 Å². The summed E-state index contributed by atoms with van der Waals surface area (Å²) in [6.45, 7) is 5.38. The monoisotopic (exact) mass is 223 g/mol. The van der Waals surface area contributed by atoms with Crippen LogP contribution in [0.4, 0.5) is 0 Å². The van der Waals surface area contributed by atoms with Crippen LogP contribution in [-0.2, 0) is 0 Å². The van der Waals surface area contributed by atoms with Crippen molar-refractivity contribution in [2.45, 2.75) is 26.3 Å². The Hall–Kier alpha value is -1.98. The van der Waals surface area contributed by atoms with Crippen LogP contribution in [0.25, 0.3) is 0 Å². The molecule has 0 atom stereocenters. The van der Waals surface area contributed by atoms with Gasteiger partial charge in [0.2, 0.25) is 0 Å². The molecule has 0 saturated heterocycles. The average molecular weight is 223 g/mol. The lowest BCUT2D eigenvalue weighted by Gasteiger charge is -2.20. The van der Waals surface area contributed by atoms with Crippen molar-refractivity contribution < 1.29 is 14.7 Å². The van der Waals surface area contributed by atoms with E-state index in [9.17, 15) is 9.59 Å². The topological polar surface area (TPSA) is 92.2 Å². The lowest BCUT2D eigenvalue weighted by molar-refractivity contribution is 0.0681. The number of hydrogen-bond acceptors (Lipinski definition) is 4. The first-order chi connectivity index (χ1) is 7.31. The summed E-state index contributed by atoms with van der Waals surface area (Å²) >= 11 is 0. The van der Waals surface area contributed by atoms with Crippen LogP contribution in [0.5, 0.6) is 0 Å². The van der Waals surface area contributed by atoms with Gasteiger partial charge in [0.1, 0.15) is 0 Å². The Balaban J connectivity index is 3.04. The Kier molecular flexibility index (Phi) is 3.22. The van der Waals surface area contributed by atoms with Crippen molar-refractivity contribution in [3.05, 3.63) is 23.8 Å². The molecule has 1 aromatic heterocycles. The average Bonchev–Trinajstić information content (AvgIpc) is 2.15. The van der Waals surface area contributed by atoms with E-state index < -0.39 is 17.4 Å². The van der Waals surface area contributed by atoms with Crippen LogP contribution in [0, 0.1) is 0 Å². The molecule has 0 unspecified atom stereocenters. The highest BCUT2D eigenvalue weighted by Gasteiger charge is 2.22. The largest absolute Gasteiger partial charge is 0.476 e. The molecule has 1 amide bonds. The fourth-order valence-corrected chi connectivity index (χ4v) is 1.06. The zero-order chi connectivity index (χ0) is 12.3. The highest BCUT2D eigenvalue weighted by molar-refractivity contribution is 6.02. The van der Waals surface area contributed by atoms with E-state index in [1.807, 2.05) is 0 Å². The molecule has 0 aromatic carbocycles. The number of carboxylic acids is 1. The summed E-state index contributed by atoms with van der Waals surface area (Å²) in [6, 6.07) is 0. The van der Waals surface area contributed by atoms with Crippen LogP contribution >= 0.6 is 0 Å². The molecule has 0 aliphatic carbocycles. The lowest BCUT2D eigenvalue weighted by Crippen LogP contribution is -2.41. The molecule has 6 heteroatoms. The van der Waals surface area contributed by atoms with Gasteiger partial charge in [-0.05, 0) is 20.8 Å². The van der Waals surface area contributed by atoms with Gasteiger partial charge in [0.05, 0.1) is 0 Å². The SMILES string of the molecule is CC(C)(C)NC(=O)c1nccnc1C(=O)O. The maximum absolute atomic E-state index is 11.7. The zero-order valence-corrected chi connectivity index (χ0v) is 9.31. The number of amides is 1. The van der Waals surface area contributed by atoms with Crippen molar-refractivity contribution >= 4 is 11.9 Å². The van der Waals surface area contributed by atoms with E-state index in [-0.39, 0.29) is 11.4 Å². The van der Waals surface area contributed by atoms with Crippen LogP contribution in [0.2, 0.25) is 0 Å². The van der Waals surface area contributed by atoms with Gasteiger partial charge in [-0.2, -0.15) is 0 Å².